The lowest BCUT2D eigenvalue weighted by molar-refractivity contribution is 0.102. The Morgan fingerprint density at radius 3 is 2.67 bits per heavy atom. The molecule has 0 unspecified atom stereocenters. The average Bonchev–Trinajstić information content (AvgIpc) is 2.52. The number of hydrogen-bond donors (Lipinski definition) is 2. The summed E-state index contributed by atoms with van der Waals surface area (Å²) in [5.41, 5.74) is 6.63. The number of carbonyl (C=O) groups excluding carboxylic acids is 1. The maximum atomic E-state index is 12.5. The van der Waals surface area contributed by atoms with Gasteiger partial charge in [-0.05, 0) is 31.9 Å². The molecule has 0 radical (unpaired) electrons. The molecular weight excluding hydrogens is 326 g/mol. The van der Waals surface area contributed by atoms with Crippen molar-refractivity contribution in [1.29, 1.82) is 0 Å². The molecule has 1 aromatic heterocycles. The molecule has 2 aromatic rings. The van der Waals surface area contributed by atoms with Gasteiger partial charge in [-0.25, -0.2) is 4.79 Å². The Labute approximate surface area is 144 Å². The van der Waals surface area contributed by atoms with Crippen molar-refractivity contribution in [3.05, 3.63) is 55.7 Å². The molecule has 0 aliphatic heterocycles. The number of benzene rings is 1. The zero-order valence-corrected chi connectivity index (χ0v) is 14.8. The average molecular weight is 347 g/mol. The number of aryl methyl sites for hydroxylation is 2. The molecule has 128 valence electrons. The van der Waals surface area contributed by atoms with E-state index in [-0.39, 0.29) is 22.9 Å². The van der Waals surface area contributed by atoms with E-state index in [4.69, 9.17) is 5.73 Å². The fourth-order valence-corrected chi connectivity index (χ4v) is 3.38. The van der Waals surface area contributed by atoms with Crippen LogP contribution in [0.5, 0.6) is 0 Å². The number of ketones is 1. The van der Waals surface area contributed by atoms with Crippen LogP contribution in [0.3, 0.4) is 0 Å². The van der Waals surface area contributed by atoms with Crippen molar-refractivity contribution >= 4 is 23.4 Å². The van der Waals surface area contributed by atoms with Gasteiger partial charge >= 0.3 is 5.69 Å². The normalized spacial score (nSPS) is 10.8. The largest absolute Gasteiger partial charge is 0.384 e. The van der Waals surface area contributed by atoms with Crippen LogP contribution < -0.4 is 17.0 Å². The first-order valence-electron chi connectivity index (χ1n) is 7.71. The van der Waals surface area contributed by atoms with Crippen LogP contribution >= 0.6 is 11.8 Å². The Morgan fingerprint density at radius 1 is 1.29 bits per heavy atom. The Balaban J connectivity index is 2.30. The number of aromatic amines is 1. The summed E-state index contributed by atoms with van der Waals surface area (Å²) >= 11 is 1.36. The van der Waals surface area contributed by atoms with Crippen molar-refractivity contribution in [2.24, 2.45) is 0 Å². The number of aromatic nitrogens is 2. The van der Waals surface area contributed by atoms with E-state index in [1.54, 1.807) is 0 Å². The quantitative estimate of drug-likeness (QED) is 0.616. The Kier molecular flexibility index (Phi) is 5.66. The summed E-state index contributed by atoms with van der Waals surface area (Å²) in [6.45, 7) is 6.18. The third-order valence-corrected chi connectivity index (χ3v) is 4.83. The summed E-state index contributed by atoms with van der Waals surface area (Å²) in [6.07, 6.45) is 0.668. The van der Waals surface area contributed by atoms with Gasteiger partial charge in [0.2, 0.25) is 0 Å². The molecule has 0 atom stereocenters. The van der Waals surface area contributed by atoms with Crippen LogP contribution in [-0.2, 0) is 6.54 Å². The second kappa shape index (κ2) is 7.53. The van der Waals surface area contributed by atoms with E-state index < -0.39 is 11.2 Å². The second-order valence-electron chi connectivity index (χ2n) is 5.65. The van der Waals surface area contributed by atoms with Gasteiger partial charge < -0.3 is 5.73 Å². The minimum absolute atomic E-state index is 0.0582. The highest BCUT2D eigenvalue weighted by Gasteiger charge is 2.19. The minimum Gasteiger partial charge on any atom is -0.384 e. The predicted octanol–water partition coefficient (Wildman–Crippen LogP) is 2.12. The van der Waals surface area contributed by atoms with Crippen LogP contribution in [0, 0.1) is 13.8 Å². The Morgan fingerprint density at radius 2 is 2.00 bits per heavy atom. The summed E-state index contributed by atoms with van der Waals surface area (Å²) in [5.74, 6) is -0.358. The zero-order chi connectivity index (χ0) is 17.9. The molecule has 1 aromatic carbocycles. The van der Waals surface area contributed by atoms with E-state index in [9.17, 15) is 14.4 Å². The van der Waals surface area contributed by atoms with Gasteiger partial charge in [-0.3, -0.25) is 19.1 Å². The second-order valence-corrected chi connectivity index (χ2v) is 6.67. The number of nitrogens with one attached hydrogen (secondary N) is 1. The summed E-state index contributed by atoms with van der Waals surface area (Å²) in [4.78, 5) is 39.5. The number of anilines is 1. The number of H-pyrrole nitrogens is 1. The molecule has 6 nitrogen and oxygen atoms in total. The SMILES string of the molecule is CCCn1c(N)c(C(=O)CSc2cc(C)ccc2C)c(=O)[nH]c1=O. The first-order chi connectivity index (χ1) is 11.3. The number of nitrogens with two attached hydrogens (primary N) is 1. The molecule has 0 saturated carbocycles. The van der Waals surface area contributed by atoms with Crippen molar-refractivity contribution in [3.63, 3.8) is 0 Å². The molecule has 3 N–H and O–H groups in total. The lowest BCUT2D eigenvalue weighted by Gasteiger charge is -2.11. The fraction of sp³-hybridized carbons (Fsp3) is 0.353. The van der Waals surface area contributed by atoms with E-state index in [1.807, 2.05) is 39.0 Å². The monoisotopic (exact) mass is 347 g/mol. The van der Waals surface area contributed by atoms with Crippen LogP contribution in [0.15, 0.2) is 32.7 Å². The van der Waals surface area contributed by atoms with Crippen molar-refractivity contribution in [3.8, 4) is 0 Å². The third-order valence-electron chi connectivity index (χ3n) is 3.67. The van der Waals surface area contributed by atoms with E-state index in [2.05, 4.69) is 4.98 Å². The highest BCUT2D eigenvalue weighted by Crippen LogP contribution is 2.24. The summed E-state index contributed by atoms with van der Waals surface area (Å²) in [6, 6.07) is 5.99. The zero-order valence-electron chi connectivity index (χ0n) is 14.0. The molecule has 24 heavy (non-hydrogen) atoms. The lowest BCUT2D eigenvalue weighted by atomic mass is 10.2. The maximum absolute atomic E-state index is 12.5. The van der Waals surface area contributed by atoms with Crippen molar-refractivity contribution in [1.82, 2.24) is 9.55 Å². The maximum Gasteiger partial charge on any atom is 0.329 e. The van der Waals surface area contributed by atoms with Gasteiger partial charge in [0.25, 0.3) is 5.56 Å². The van der Waals surface area contributed by atoms with Crippen LogP contribution in [0.2, 0.25) is 0 Å². The molecule has 0 bridgehead atoms. The van der Waals surface area contributed by atoms with Crippen LogP contribution in [0.4, 0.5) is 5.82 Å². The molecule has 0 saturated heterocycles. The van der Waals surface area contributed by atoms with Gasteiger partial charge in [-0.15, -0.1) is 11.8 Å². The van der Waals surface area contributed by atoms with Crippen molar-refractivity contribution < 1.29 is 4.79 Å². The standard InChI is InChI=1S/C17H21N3O3S/c1-4-7-20-15(18)14(16(22)19-17(20)23)12(21)9-24-13-8-10(2)5-6-11(13)3/h5-6,8H,4,7,9,18H2,1-3H3,(H,19,22,23). The molecule has 0 fully saturated rings. The Hall–Kier alpha value is -2.28. The molecule has 7 heteroatoms. The van der Waals surface area contributed by atoms with Crippen molar-refractivity contribution in [2.45, 2.75) is 38.6 Å². The number of nitrogens with zero attached hydrogens (tertiary/aromatic N) is 1. The van der Waals surface area contributed by atoms with E-state index in [0.29, 0.717) is 13.0 Å². The van der Waals surface area contributed by atoms with Crippen LogP contribution in [0.25, 0.3) is 0 Å². The predicted molar refractivity (Wildman–Crippen MR) is 97.0 cm³/mol. The van der Waals surface area contributed by atoms with Gasteiger partial charge in [-0.2, -0.15) is 0 Å². The molecule has 0 aliphatic rings. The van der Waals surface area contributed by atoms with Gasteiger partial charge in [-0.1, -0.05) is 24.6 Å². The van der Waals surface area contributed by atoms with E-state index >= 15 is 0 Å². The van der Waals surface area contributed by atoms with E-state index in [1.165, 1.54) is 16.3 Å². The van der Waals surface area contributed by atoms with E-state index in [0.717, 1.165) is 16.0 Å². The highest BCUT2D eigenvalue weighted by molar-refractivity contribution is 8.00. The molecule has 0 amide bonds. The van der Waals surface area contributed by atoms with Crippen molar-refractivity contribution in [2.75, 3.05) is 11.5 Å². The van der Waals surface area contributed by atoms with Crippen LogP contribution in [0.1, 0.15) is 34.8 Å². The Bertz CT molecular complexity index is 884. The summed E-state index contributed by atoms with van der Waals surface area (Å²) in [5, 5.41) is 0. The smallest absolute Gasteiger partial charge is 0.329 e. The topological polar surface area (TPSA) is 97.9 Å². The number of hydrogen-bond acceptors (Lipinski definition) is 5. The molecule has 0 aliphatic carbocycles. The summed E-state index contributed by atoms with van der Waals surface area (Å²) in [7, 11) is 0. The van der Waals surface area contributed by atoms with Crippen LogP contribution in [-0.4, -0.2) is 21.1 Å². The summed E-state index contributed by atoms with van der Waals surface area (Å²) < 4.78 is 1.23. The number of rotatable bonds is 6. The van der Waals surface area contributed by atoms with Gasteiger partial charge in [0.1, 0.15) is 11.4 Å². The molecular formula is C17H21N3O3S. The number of thioether (sulfide) groups is 1. The molecule has 0 spiro atoms. The third kappa shape index (κ3) is 3.79. The lowest BCUT2D eigenvalue weighted by Crippen LogP contribution is -2.36. The first kappa shape index (κ1) is 18.1. The number of nitrogen functional groups attached to an aromatic ring is 1. The van der Waals surface area contributed by atoms with Gasteiger partial charge in [0, 0.05) is 11.4 Å². The molecule has 2 rings (SSSR count). The first-order valence-corrected chi connectivity index (χ1v) is 8.69. The fourth-order valence-electron chi connectivity index (χ4n) is 2.38. The minimum atomic E-state index is -0.726. The van der Waals surface area contributed by atoms with Gasteiger partial charge in [0.15, 0.2) is 5.78 Å². The molecule has 1 heterocycles. The number of carbonyl (C=O) groups is 1. The van der Waals surface area contributed by atoms with Gasteiger partial charge in [0.05, 0.1) is 5.75 Å². The number of Topliss-reactive ketones (excluding diaryl/α,β-unsaturated/α-hetero) is 1. The highest BCUT2D eigenvalue weighted by atomic mass is 32.2.